The maximum Gasteiger partial charge on any atom is 0.317 e. The quantitative estimate of drug-likeness (QED) is 0.454. The minimum atomic E-state index is -0.554. The van der Waals surface area contributed by atoms with Crippen LogP contribution in [-0.2, 0) is 33.4 Å². The Kier molecular flexibility index (Phi) is 2.49. The van der Waals surface area contributed by atoms with Crippen molar-refractivity contribution in [2.24, 2.45) is 58.2 Å². The molecule has 0 N–H and O–H groups in total. The van der Waals surface area contributed by atoms with Crippen LogP contribution in [0.3, 0.4) is 0 Å². The lowest BCUT2D eigenvalue weighted by atomic mass is 9.58. The zero-order valence-corrected chi connectivity index (χ0v) is 15.2. The predicted octanol–water partition coefficient (Wildman–Crippen LogP) is 1.03. The summed E-state index contributed by atoms with van der Waals surface area (Å²) in [6.45, 7) is 0. The van der Waals surface area contributed by atoms with Crippen molar-refractivity contribution < 1.29 is 33.4 Å². The number of ketones is 1. The van der Waals surface area contributed by atoms with E-state index in [4.69, 9.17) is 9.47 Å². The molecule has 0 aromatic heterocycles. The SMILES string of the molecule is O=C1OC(=O)[C@@H]2C1[C@@H]1C[C@H]2C[C@]12CC[C@@]1(CC3C[C@@H]1[C@@H]1C(=O)OC(=O)[C@H]31)C2=O. The molecule has 10 atom stereocenters. The first-order valence-electron chi connectivity index (χ1n) is 10.4. The number of carbonyl (C=O) groups excluding carboxylic acids is 5. The molecule has 2 spiro atoms. The van der Waals surface area contributed by atoms with Gasteiger partial charge in [0.2, 0.25) is 0 Å². The number of esters is 4. The zero-order valence-electron chi connectivity index (χ0n) is 15.2. The predicted molar refractivity (Wildman–Crippen MR) is 87.7 cm³/mol. The van der Waals surface area contributed by atoms with Gasteiger partial charge in [0.05, 0.1) is 23.7 Å². The third-order valence-corrected chi connectivity index (χ3v) is 9.85. The Bertz CT molecular complexity index is 850. The lowest BCUT2D eigenvalue weighted by Crippen LogP contribution is -2.48. The fraction of sp³-hybridized carbons (Fsp3) is 0.762. The second-order valence-electron chi connectivity index (χ2n) is 10.3. The van der Waals surface area contributed by atoms with Gasteiger partial charge in [-0.15, -0.1) is 0 Å². The summed E-state index contributed by atoms with van der Waals surface area (Å²) in [7, 11) is 0. The van der Waals surface area contributed by atoms with Gasteiger partial charge in [-0.1, -0.05) is 0 Å². The maximum absolute atomic E-state index is 14.0. The topological polar surface area (TPSA) is 104 Å². The minimum Gasteiger partial charge on any atom is -0.393 e. The van der Waals surface area contributed by atoms with Crippen molar-refractivity contribution in [3.63, 3.8) is 0 Å². The van der Waals surface area contributed by atoms with Gasteiger partial charge in [0, 0.05) is 10.8 Å². The molecule has 2 unspecified atom stereocenters. The summed E-state index contributed by atoms with van der Waals surface area (Å²) in [6.07, 6.45) is 4.27. The molecule has 146 valence electrons. The molecule has 7 fully saturated rings. The third kappa shape index (κ3) is 1.40. The van der Waals surface area contributed by atoms with E-state index in [1.807, 2.05) is 0 Å². The Balaban J connectivity index is 1.27. The number of ether oxygens (including phenoxy) is 2. The highest BCUT2D eigenvalue weighted by atomic mass is 16.6. The van der Waals surface area contributed by atoms with Crippen LogP contribution in [-0.4, -0.2) is 29.7 Å². The van der Waals surface area contributed by atoms with Crippen LogP contribution in [0.4, 0.5) is 0 Å². The van der Waals surface area contributed by atoms with Gasteiger partial charge in [-0.2, -0.15) is 0 Å². The van der Waals surface area contributed by atoms with Gasteiger partial charge in [-0.05, 0) is 62.2 Å². The van der Waals surface area contributed by atoms with Crippen LogP contribution in [0, 0.1) is 58.2 Å². The second kappa shape index (κ2) is 4.41. The molecule has 28 heavy (non-hydrogen) atoms. The molecule has 0 aromatic carbocycles. The fourth-order valence-electron chi connectivity index (χ4n) is 9.16. The number of hydrogen-bond acceptors (Lipinski definition) is 7. The summed E-state index contributed by atoms with van der Waals surface area (Å²) in [5.41, 5.74) is -1.11. The first kappa shape index (κ1) is 15.8. The Labute approximate surface area is 160 Å². The van der Waals surface area contributed by atoms with Crippen LogP contribution in [0.25, 0.3) is 0 Å². The van der Waals surface area contributed by atoms with Gasteiger partial charge in [0.15, 0.2) is 0 Å². The number of Topliss-reactive ketones (excluding diaryl/α,β-unsaturated/α-hetero) is 1. The van der Waals surface area contributed by atoms with Gasteiger partial charge < -0.3 is 9.47 Å². The van der Waals surface area contributed by atoms with Crippen LogP contribution in [0.15, 0.2) is 0 Å². The van der Waals surface area contributed by atoms with Gasteiger partial charge in [-0.25, -0.2) is 0 Å². The van der Waals surface area contributed by atoms with Crippen LogP contribution >= 0.6 is 0 Å². The number of rotatable bonds is 0. The van der Waals surface area contributed by atoms with Crippen molar-refractivity contribution in [1.82, 2.24) is 0 Å². The Morgan fingerprint density at radius 2 is 1.00 bits per heavy atom. The molecule has 7 rings (SSSR count). The van der Waals surface area contributed by atoms with E-state index in [1.54, 1.807) is 0 Å². The Morgan fingerprint density at radius 3 is 1.43 bits per heavy atom. The lowest BCUT2D eigenvalue weighted by molar-refractivity contribution is -0.156. The molecule has 0 aromatic rings. The van der Waals surface area contributed by atoms with Gasteiger partial charge >= 0.3 is 23.9 Å². The maximum atomic E-state index is 14.0. The second-order valence-corrected chi connectivity index (χ2v) is 10.3. The first-order chi connectivity index (χ1) is 13.4. The van der Waals surface area contributed by atoms with Crippen molar-refractivity contribution >= 4 is 29.7 Å². The van der Waals surface area contributed by atoms with Crippen molar-refractivity contribution in [3.05, 3.63) is 0 Å². The van der Waals surface area contributed by atoms with Gasteiger partial charge in [-0.3, -0.25) is 24.0 Å². The monoisotopic (exact) mass is 384 g/mol. The van der Waals surface area contributed by atoms with E-state index in [2.05, 4.69) is 0 Å². The van der Waals surface area contributed by atoms with Crippen molar-refractivity contribution in [2.75, 3.05) is 0 Å². The molecule has 0 amide bonds. The Hall–Kier alpha value is -2.05. The number of cyclic esters (lactones) is 4. The van der Waals surface area contributed by atoms with Crippen LogP contribution in [0.5, 0.6) is 0 Å². The summed E-state index contributed by atoms with van der Waals surface area (Å²) < 4.78 is 9.82. The number of hydrogen-bond donors (Lipinski definition) is 0. The van der Waals surface area contributed by atoms with Crippen molar-refractivity contribution in [1.29, 1.82) is 0 Å². The van der Waals surface area contributed by atoms with Crippen LogP contribution < -0.4 is 0 Å². The molecule has 5 aliphatic carbocycles. The van der Waals surface area contributed by atoms with Gasteiger partial charge in [0.1, 0.15) is 5.78 Å². The largest absolute Gasteiger partial charge is 0.393 e. The van der Waals surface area contributed by atoms with Crippen molar-refractivity contribution in [2.45, 2.75) is 38.5 Å². The van der Waals surface area contributed by atoms with Gasteiger partial charge in [0.25, 0.3) is 0 Å². The lowest BCUT2D eigenvalue weighted by Gasteiger charge is -2.41. The fourth-order valence-corrected chi connectivity index (χ4v) is 9.16. The van der Waals surface area contributed by atoms with E-state index < -0.39 is 46.5 Å². The smallest absolute Gasteiger partial charge is 0.317 e. The van der Waals surface area contributed by atoms with E-state index in [0.717, 1.165) is 25.7 Å². The zero-order chi connectivity index (χ0) is 19.2. The van der Waals surface area contributed by atoms with Crippen molar-refractivity contribution in [3.8, 4) is 0 Å². The first-order valence-corrected chi connectivity index (χ1v) is 10.4. The van der Waals surface area contributed by atoms with Crippen LogP contribution in [0.1, 0.15) is 38.5 Å². The number of fused-ring (bicyclic) bond motifs is 12. The summed E-state index contributed by atoms with van der Waals surface area (Å²) in [6, 6.07) is 0. The average molecular weight is 384 g/mol. The van der Waals surface area contributed by atoms with E-state index in [1.165, 1.54) is 0 Å². The highest BCUT2D eigenvalue weighted by molar-refractivity contribution is 6.02. The van der Waals surface area contributed by atoms with E-state index in [9.17, 15) is 24.0 Å². The van der Waals surface area contributed by atoms with Crippen LogP contribution in [0.2, 0.25) is 0 Å². The molecule has 5 saturated carbocycles. The molecular weight excluding hydrogens is 364 g/mol. The standard InChI is InChI=1S/C21H20O7/c22-15-11-7-3-9(13(11)17(24)27-15)20(5-7)1-2-21(19(20)26)6-8-4-10(21)14-12(8)16(23)28-18(14)25/h7-14H,1-6H2/t7-,8?,9-,10+,11-,12+,13?,14-,20+,21-/m0/s1. The third-order valence-electron chi connectivity index (χ3n) is 9.85. The van der Waals surface area contributed by atoms with E-state index in [0.29, 0.717) is 12.8 Å². The van der Waals surface area contributed by atoms with E-state index in [-0.39, 0.29) is 41.3 Å². The minimum absolute atomic E-state index is 0.0532. The molecule has 7 aliphatic rings. The summed E-state index contributed by atoms with van der Waals surface area (Å²) >= 11 is 0. The molecule has 2 aliphatic heterocycles. The number of carbonyl (C=O) groups is 5. The molecule has 2 heterocycles. The molecule has 7 heteroatoms. The Morgan fingerprint density at radius 1 is 0.607 bits per heavy atom. The van der Waals surface area contributed by atoms with E-state index >= 15 is 0 Å². The normalized spacial score (nSPS) is 57.6. The molecule has 4 bridgehead atoms. The molecular formula is C21H20O7. The average Bonchev–Trinajstić information content (AvgIpc) is 3.46. The highest BCUT2D eigenvalue weighted by Gasteiger charge is 2.78. The molecule has 0 radical (unpaired) electrons. The summed E-state index contributed by atoms with van der Waals surface area (Å²) in [5.74, 6) is -3.28. The molecule has 7 nitrogen and oxygen atoms in total. The highest BCUT2D eigenvalue weighted by Crippen LogP contribution is 2.75. The summed E-state index contributed by atoms with van der Waals surface area (Å²) in [4.78, 5) is 62.8. The molecule has 2 saturated heterocycles. The summed E-state index contributed by atoms with van der Waals surface area (Å²) in [5, 5.41) is 0.